The zero-order valence-corrected chi connectivity index (χ0v) is 17.6. The molecule has 146 valence electrons. The smallest absolute Gasteiger partial charge is 0.348 e. The number of aryl methyl sites for hydroxylation is 2. The molecule has 0 atom stereocenters. The van der Waals surface area contributed by atoms with Crippen LogP contribution in [0.5, 0.6) is 0 Å². The van der Waals surface area contributed by atoms with Crippen LogP contribution in [0.4, 0.5) is 5.82 Å². The van der Waals surface area contributed by atoms with Crippen LogP contribution < -0.4 is 4.90 Å². The van der Waals surface area contributed by atoms with Crippen molar-refractivity contribution in [3.63, 3.8) is 0 Å². The van der Waals surface area contributed by atoms with E-state index in [0.717, 1.165) is 21.6 Å². The van der Waals surface area contributed by atoms with Gasteiger partial charge in [0.15, 0.2) is 0 Å². The molecule has 2 aromatic rings. The minimum Gasteiger partial charge on any atom is -0.462 e. The number of ether oxygens (including phenoxy) is 1. The molecule has 7 nitrogen and oxygen atoms in total. The van der Waals surface area contributed by atoms with Gasteiger partial charge in [0.2, 0.25) is 5.91 Å². The van der Waals surface area contributed by atoms with Crippen molar-refractivity contribution in [3.05, 3.63) is 16.3 Å². The van der Waals surface area contributed by atoms with E-state index in [2.05, 4.69) is 23.7 Å². The topological polar surface area (TPSA) is 75.6 Å². The molecule has 0 N–H and O–H groups in total. The molecule has 2 aromatic heterocycles. The third-order valence-electron chi connectivity index (χ3n) is 4.95. The van der Waals surface area contributed by atoms with Gasteiger partial charge in [0.05, 0.1) is 17.5 Å². The summed E-state index contributed by atoms with van der Waals surface area (Å²) in [6.45, 7) is 13.7. The Labute approximate surface area is 163 Å². The molecule has 1 saturated heterocycles. The van der Waals surface area contributed by atoms with E-state index in [1.54, 1.807) is 13.8 Å². The molecule has 0 aliphatic carbocycles. The normalized spacial score (nSPS) is 16.7. The molecule has 0 aromatic carbocycles. The van der Waals surface area contributed by atoms with Gasteiger partial charge in [-0.15, -0.1) is 11.3 Å². The lowest BCUT2D eigenvalue weighted by Crippen LogP contribution is -2.60. The van der Waals surface area contributed by atoms with Crippen LogP contribution in [-0.4, -0.2) is 58.5 Å². The van der Waals surface area contributed by atoms with Gasteiger partial charge in [0.25, 0.3) is 0 Å². The largest absolute Gasteiger partial charge is 0.462 e. The van der Waals surface area contributed by atoms with E-state index in [1.165, 1.54) is 11.3 Å². The fourth-order valence-electron chi connectivity index (χ4n) is 3.62. The fourth-order valence-corrected chi connectivity index (χ4v) is 4.74. The summed E-state index contributed by atoms with van der Waals surface area (Å²) in [4.78, 5) is 38.9. The third kappa shape index (κ3) is 3.50. The highest BCUT2D eigenvalue weighted by molar-refractivity contribution is 7.20. The van der Waals surface area contributed by atoms with Gasteiger partial charge < -0.3 is 14.5 Å². The van der Waals surface area contributed by atoms with Crippen molar-refractivity contribution in [2.75, 3.05) is 31.1 Å². The Morgan fingerprint density at radius 2 is 1.93 bits per heavy atom. The molecule has 8 heteroatoms. The molecule has 0 saturated carbocycles. The minimum absolute atomic E-state index is 0.0862. The first-order valence-electron chi connectivity index (χ1n) is 9.13. The van der Waals surface area contributed by atoms with Crippen molar-refractivity contribution in [2.24, 2.45) is 0 Å². The van der Waals surface area contributed by atoms with Crippen molar-refractivity contribution >= 4 is 39.2 Å². The second kappa shape index (κ2) is 7.07. The number of carbonyl (C=O) groups is 2. The molecule has 3 heterocycles. The fraction of sp³-hybridized carbons (Fsp3) is 0.579. The Morgan fingerprint density at radius 3 is 2.52 bits per heavy atom. The summed E-state index contributed by atoms with van der Waals surface area (Å²) >= 11 is 1.35. The van der Waals surface area contributed by atoms with Gasteiger partial charge in [0, 0.05) is 26.6 Å². The number of thiophene rings is 1. The first kappa shape index (κ1) is 19.5. The van der Waals surface area contributed by atoms with E-state index in [9.17, 15) is 9.59 Å². The molecule has 0 bridgehead atoms. The van der Waals surface area contributed by atoms with E-state index >= 15 is 0 Å². The van der Waals surface area contributed by atoms with Crippen molar-refractivity contribution in [1.29, 1.82) is 0 Å². The monoisotopic (exact) mass is 390 g/mol. The van der Waals surface area contributed by atoms with Gasteiger partial charge in [-0.05, 0) is 40.2 Å². The van der Waals surface area contributed by atoms with Crippen LogP contribution in [0.3, 0.4) is 0 Å². The van der Waals surface area contributed by atoms with Gasteiger partial charge in [-0.3, -0.25) is 4.79 Å². The number of fused-ring (bicyclic) bond motifs is 1. The first-order valence-corrected chi connectivity index (χ1v) is 9.95. The summed E-state index contributed by atoms with van der Waals surface area (Å²) in [6.07, 6.45) is 0. The quantitative estimate of drug-likeness (QED) is 0.750. The van der Waals surface area contributed by atoms with Crippen molar-refractivity contribution in [1.82, 2.24) is 14.9 Å². The van der Waals surface area contributed by atoms with Gasteiger partial charge in [0.1, 0.15) is 21.3 Å². The van der Waals surface area contributed by atoms with Gasteiger partial charge in [-0.1, -0.05) is 0 Å². The van der Waals surface area contributed by atoms with E-state index in [0.29, 0.717) is 36.9 Å². The second-order valence-corrected chi connectivity index (χ2v) is 8.45. The number of anilines is 1. The summed E-state index contributed by atoms with van der Waals surface area (Å²) in [5.41, 5.74) is 0.573. The van der Waals surface area contributed by atoms with Gasteiger partial charge in [-0.25, -0.2) is 14.8 Å². The van der Waals surface area contributed by atoms with Crippen LogP contribution in [0.2, 0.25) is 0 Å². The molecule has 0 unspecified atom stereocenters. The Kier molecular flexibility index (Phi) is 5.12. The Balaban J connectivity index is 2.11. The standard InChI is InChI=1S/C19H26N4O3S/c1-7-26-18(25)15-11(2)14-16(20-12(3)21-17(14)27-15)23-9-8-22(13(4)24)10-19(23,5)6/h7-10H2,1-6H3. The highest BCUT2D eigenvalue weighted by Gasteiger charge is 2.37. The minimum atomic E-state index is -0.317. The van der Waals surface area contributed by atoms with Gasteiger partial charge >= 0.3 is 5.97 Å². The number of aromatic nitrogens is 2. The molecule has 1 aliphatic heterocycles. The Bertz CT molecular complexity index is 906. The van der Waals surface area contributed by atoms with Crippen LogP contribution in [-0.2, 0) is 9.53 Å². The summed E-state index contributed by atoms with van der Waals surface area (Å²) in [6, 6.07) is 0. The lowest BCUT2D eigenvalue weighted by Gasteiger charge is -2.47. The van der Waals surface area contributed by atoms with Crippen LogP contribution in [0.25, 0.3) is 10.2 Å². The zero-order chi connectivity index (χ0) is 19.9. The molecule has 1 fully saturated rings. The second-order valence-electron chi connectivity index (χ2n) is 7.46. The molecule has 3 rings (SSSR count). The average Bonchev–Trinajstić information content (AvgIpc) is 2.90. The van der Waals surface area contributed by atoms with Crippen molar-refractivity contribution in [2.45, 2.75) is 47.1 Å². The molecule has 27 heavy (non-hydrogen) atoms. The van der Waals surface area contributed by atoms with Crippen molar-refractivity contribution in [3.8, 4) is 0 Å². The van der Waals surface area contributed by atoms with E-state index < -0.39 is 0 Å². The molecule has 1 aliphatic rings. The Hall–Kier alpha value is -2.22. The molecule has 1 amide bonds. The zero-order valence-electron chi connectivity index (χ0n) is 16.8. The Morgan fingerprint density at radius 1 is 1.22 bits per heavy atom. The number of hydrogen-bond acceptors (Lipinski definition) is 7. The molecular formula is C19H26N4O3S. The summed E-state index contributed by atoms with van der Waals surface area (Å²) in [5.74, 6) is 1.26. The number of carbonyl (C=O) groups excluding carboxylic acids is 2. The van der Waals surface area contributed by atoms with Crippen LogP contribution >= 0.6 is 11.3 Å². The maximum atomic E-state index is 12.3. The maximum Gasteiger partial charge on any atom is 0.348 e. The number of rotatable bonds is 3. The van der Waals surface area contributed by atoms with Crippen molar-refractivity contribution < 1.29 is 14.3 Å². The van der Waals surface area contributed by atoms with Crippen LogP contribution in [0.1, 0.15) is 48.8 Å². The SMILES string of the molecule is CCOC(=O)c1sc2nc(C)nc(N3CCN(C(C)=O)CC3(C)C)c2c1C. The lowest BCUT2D eigenvalue weighted by atomic mass is 9.98. The van der Waals surface area contributed by atoms with E-state index in [4.69, 9.17) is 9.72 Å². The molecular weight excluding hydrogens is 364 g/mol. The summed E-state index contributed by atoms with van der Waals surface area (Å²) in [7, 11) is 0. The van der Waals surface area contributed by atoms with E-state index in [-0.39, 0.29) is 17.4 Å². The van der Waals surface area contributed by atoms with E-state index in [1.807, 2.05) is 18.7 Å². The summed E-state index contributed by atoms with van der Waals surface area (Å²) < 4.78 is 5.20. The number of piperazine rings is 1. The number of nitrogens with zero attached hydrogens (tertiary/aromatic N) is 4. The van der Waals surface area contributed by atoms with Gasteiger partial charge in [-0.2, -0.15) is 0 Å². The van der Waals surface area contributed by atoms with Crippen LogP contribution in [0, 0.1) is 13.8 Å². The average molecular weight is 391 g/mol. The first-order chi connectivity index (χ1) is 12.7. The van der Waals surface area contributed by atoms with Crippen LogP contribution in [0.15, 0.2) is 0 Å². The molecule has 0 radical (unpaired) electrons. The number of amides is 1. The molecule has 0 spiro atoms. The highest BCUT2D eigenvalue weighted by atomic mass is 32.1. The summed E-state index contributed by atoms with van der Waals surface area (Å²) in [5, 5.41) is 0.901. The highest BCUT2D eigenvalue weighted by Crippen LogP contribution is 2.38. The number of esters is 1. The maximum absolute atomic E-state index is 12.3. The predicted octanol–water partition coefficient (Wildman–Crippen LogP) is 2.93. The predicted molar refractivity (Wildman–Crippen MR) is 107 cm³/mol. The lowest BCUT2D eigenvalue weighted by molar-refractivity contribution is -0.130. The third-order valence-corrected chi connectivity index (χ3v) is 6.11. The number of hydrogen-bond donors (Lipinski definition) is 0.